The Morgan fingerprint density at radius 3 is 2.63 bits per heavy atom. The summed E-state index contributed by atoms with van der Waals surface area (Å²) in [5.41, 5.74) is 3.55. The molecule has 0 saturated carbocycles. The SMILES string of the molecule is CC(=O)c1ccc(OC2CCCCO2)c(CC=C(C)CCC=C(C)C)c1O. The highest BCUT2D eigenvalue weighted by Crippen LogP contribution is 2.34. The van der Waals surface area contributed by atoms with E-state index in [1.807, 2.05) is 0 Å². The van der Waals surface area contributed by atoms with Gasteiger partial charge in [0.05, 0.1) is 12.2 Å². The Morgan fingerprint density at radius 1 is 1.22 bits per heavy atom. The number of hydrogen-bond donors (Lipinski definition) is 1. The number of carbonyl (C=O) groups excluding carboxylic acids is 1. The fourth-order valence-corrected chi connectivity index (χ4v) is 3.12. The summed E-state index contributed by atoms with van der Waals surface area (Å²) in [5, 5.41) is 10.7. The van der Waals surface area contributed by atoms with Gasteiger partial charge in [0.15, 0.2) is 12.1 Å². The Hall–Kier alpha value is -2.07. The number of rotatable bonds is 8. The van der Waals surface area contributed by atoms with Crippen molar-refractivity contribution >= 4 is 5.78 Å². The van der Waals surface area contributed by atoms with Crippen molar-refractivity contribution in [3.05, 3.63) is 46.6 Å². The van der Waals surface area contributed by atoms with Gasteiger partial charge in [-0.15, -0.1) is 0 Å². The number of ether oxygens (including phenoxy) is 2. The summed E-state index contributed by atoms with van der Waals surface area (Å²) in [5.74, 6) is 0.459. The molecule has 148 valence electrons. The van der Waals surface area contributed by atoms with Crippen molar-refractivity contribution in [3.8, 4) is 11.5 Å². The van der Waals surface area contributed by atoms with Crippen LogP contribution in [0.2, 0.25) is 0 Å². The van der Waals surface area contributed by atoms with E-state index in [4.69, 9.17) is 9.47 Å². The minimum Gasteiger partial charge on any atom is -0.507 e. The third-order valence-corrected chi connectivity index (χ3v) is 4.76. The molecule has 1 atom stereocenters. The number of phenolic OH excluding ortho intramolecular Hbond substituents is 1. The lowest BCUT2D eigenvalue weighted by molar-refractivity contribution is -0.106. The number of Topliss-reactive ketones (excluding diaryl/α,β-unsaturated/α-hetero) is 1. The predicted octanol–water partition coefficient (Wildman–Crippen LogP) is 5.74. The average Bonchev–Trinajstić information content (AvgIpc) is 2.61. The van der Waals surface area contributed by atoms with Crippen LogP contribution in [0.3, 0.4) is 0 Å². The molecule has 1 heterocycles. The second-order valence-electron chi connectivity index (χ2n) is 7.48. The van der Waals surface area contributed by atoms with Crippen LogP contribution in [0.5, 0.6) is 11.5 Å². The van der Waals surface area contributed by atoms with E-state index in [2.05, 4.69) is 32.9 Å². The number of allylic oxidation sites excluding steroid dienone is 4. The third kappa shape index (κ3) is 6.55. The topological polar surface area (TPSA) is 55.8 Å². The van der Waals surface area contributed by atoms with E-state index in [0.717, 1.165) is 32.1 Å². The Morgan fingerprint density at radius 2 is 2.00 bits per heavy atom. The fraction of sp³-hybridized carbons (Fsp3) is 0.522. The maximum atomic E-state index is 11.8. The summed E-state index contributed by atoms with van der Waals surface area (Å²) < 4.78 is 11.7. The van der Waals surface area contributed by atoms with Crippen LogP contribution < -0.4 is 4.74 Å². The molecule has 0 bridgehead atoms. The predicted molar refractivity (Wildman–Crippen MR) is 108 cm³/mol. The second-order valence-corrected chi connectivity index (χ2v) is 7.48. The van der Waals surface area contributed by atoms with E-state index >= 15 is 0 Å². The quantitative estimate of drug-likeness (QED) is 0.467. The lowest BCUT2D eigenvalue weighted by Gasteiger charge is -2.25. The molecule has 1 unspecified atom stereocenters. The minimum atomic E-state index is -0.289. The van der Waals surface area contributed by atoms with Gasteiger partial charge in [0.2, 0.25) is 0 Å². The van der Waals surface area contributed by atoms with Crippen molar-refractivity contribution in [3.63, 3.8) is 0 Å². The van der Waals surface area contributed by atoms with E-state index in [-0.39, 0.29) is 17.8 Å². The molecule has 0 radical (unpaired) electrons. The van der Waals surface area contributed by atoms with Crippen molar-refractivity contribution in [2.75, 3.05) is 6.61 Å². The lowest BCUT2D eigenvalue weighted by atomic mass is 10.0. The van der Waals surface area contributed by atoms with Crippen LogP contribution >= 0.6 is 0 Å². The average molecular weight is 373 g/mol. The number of ketones is 1. The lowest BCUT2D eigenvalue weighted by Crippen LogP contribution is -2.25. The number of phenols is 1. The molecule has 0 aliphatic carbocycles. The summed E-state index contributed by atoms with van der Waals surface area (Å²) in [6.07, 6.45) is 9.50. The fourth-order valence-electron chi connectivity index (χ4n) is 3.12. The summed E-state index contributed by atoms with van der Waals surface area (Å²) in [4.78, 5) is 11.8. The molecule has 0 amide bonds. The van der Waals surface area contributed by atoms with Gasteiger partial charge in [0.1, 0.15) is 11.5 Å². The first-order valence-electron chi connectivity index (χ1n) is 9.81. The molecule has 1 saturated heterocycles. The number of aromatic hydroxyl groups is 1. The maximum Gasteiger partial charge on any atom is 0.199 e. The van der Waals surface area contributed by atoms with Crippen LogP contribution in [0.4, 0.5) is 0 Å². The van der Waals surface area contributed by atoms with Gasteiger partial charge in [-0.2, -0.15) is 0 Å². The molecule has 1 fully saturated rings. The van der Waals surface area contributed by atoms with Crippen molar-refractivity contribution in [2.24, 2.45) is 0 Å². The van der Waals surface area contributed by atoms with Crippen LogP contribution in [-0.2, 0) is 11.2 Å². The Bertz CT molecular complexity index is 705. The van der Waals surface area contributed by atoms with Gasteiger partial charge in [-0.05, 0) is 71.9 Å². The van der Waals surface area contributed by atoms with E-state index in [1.54, 1.807) is 12.1 Å². The second kappa shape index (κ2) is 10.3. The van der Waals surface area contributed by atoms with Crippen LogP contribution in [0, 0.1) is 0 Å². The minimum absolute atomic E-state index is 0.0177. The number of hydrogen-bond acceptors (Lipinski definition) is 4. The van der Waals surface area contributed by atoms with E-state index in [1.165, 1.54) is 18.1 Å². The highest BCUT2D eigenvalue weighted by molar-refractivity contribution is 5.97. The highest BCUT2D eigenvalue weighted by atomic mass is 16.7. The van der Waals surface area contributed by atoms with Gasteiger partial charge in [0.25, 0.3) is 0 Å². The molecule has 2 rings (SSSR count). The van der Waals surface area contributed by atoms with Crippen molar-refractivity contribution < 1.29 is 19.4 Å². The first kappa shape index (κ1) is 21.2. The first-order valence-corrected chi connectivity index (χ1v) is 9.81. The first-order chi connectivity index (χ1) is 12.9. The Labute approximate surface area is 162 Å². The van der Waals surface area contributed by atoms with Gasteiger partial charge in [-0.25, -0.2) is 0 Å². The van der Waals surface area contributed by atoms with E-state index in [0.29, 0.717) is 29.9 Å². The van der Waals surface area contributed by atoms with Gasteiger partial charge >= 0.3 is 0 Å². The zero-order valence-electron chi connectivity index (χ0n) is 17.0. The molecule has 4 heteroatoms. The molecule has 1 aliphatic rings. The van der Waals surface area contributed by atoms with Crippen LogP contribution in [-0.4, -0.2) is 23.8 Å². The normalized spacial score (nSPS) is 17.5. The van der Waals surface area contributed by atoms with E-state index < -0.39 is 0 Å². The molecule has 4 nitrogen and oxygen atoms in total. The monoisotopic (exact) mass is 372 g/mol. The highest BCUT2D eigenvalue weighted by Gasteiger charge is 2.20. The van der Waals surface area contributed by atoms with Crippen LogP contribution in [0.1, 0.15) is 75.7 Å². The summed E-state index contributed by atoms with van der Waals surface area (Å²) in [7, 11) is 0. The zero-order chi connectivity index (χ0) is 19.8. The summed E-state index contributed by atoms with van der Waals surface area (Å²) in [6, 6.07) is 3.40. The molecule has 27 heavy (non-hydrogen) atoms. The van der Waals surface area contributed by atoms with Crippen molar-refractivity contribution in [2.45, 2.75) is 72.5 Å². The molecular weight excluding hydrogens is 340 g/mol. The summed E-state index contributed by atoms with van der Waals surface area (Å²) in [6.45, 7) is 8.45. The van der Waals surface area contributed by atoms with E-state index in [9.17, 15) is 9.90 Å². The maximum absolute atomic E-state index is 11.8. The Kier molecular flexibility index (Phi) is 8.11. The van der Waals surface area contributed by atoms with Gasteiger partial charge in [0, 0.05) is 12.0 Å². The smallest absolute Gasteiger partial charge is 0.199 e. The zero-order valence-corrected chi connectivity index (χ0v) is 17.0. The molecule has 1 aromatic carbocycles. The molecule has 1 aliphatic heterocycles. The Balaban J connectivity index is 2.20. The standard InChI is InChI=1S/C23H32O4/c1-16(2)8-7-9-17(3)11-12-20-21(27-22-10-5-6-15-26-22)14-13-19(18(4)24)23(20)25/h8,11,13-14,22,25H,5-7,9-10,12,15H2,1-4H3. The molecule has 0 aromatic heterocycles. The largest absolute Gasteiger partial charge is 0.507 e. The molecular formula is C23H32O4. The van der Waals surface area contributed by atoms with Gasteiger partial charge in [-0.1, -0.05) is 23.3 Å². The number of carbonyl (C=O) groups is 1. The third-order valence-electron chi connectivity index (χ3n) is 4.76. The molecule has 1 N–H and O–H groups in total. The molecule has 1 aromatic rings. The van der Waals surface area contributed by atoms with Crippen molar-refractivity contribution in [1.82, 2.24) is 0 Å². The van der Waals surface area contributed by atoms with Gasteiger partial charge < -0.3 is 14.6 Å². The van der Waals surface area contributed by atoms with Gasteiger partial charge in [-0.3, -0.25) is 4.79 Å². The van der Waals surface area contributed by atoms with Crippen LogP contribution in [0.15, 0.2) is 35.4 Å². The molecule has 0 spiro atoms. The number of benzene rings is 1. The summed E-state index contributed by atoms with van der Waals surface area (Å²) >= 11 is 0. The van der Waals surface area contributed by atoms with Crippen molar-refractivity contribution in [1.29, 1.82) is 0 Å². The van der Waals surface area contributed by atoms with Crippen LogP contribution in [0.25, 0.3) is 0 Å².